The molecular formula is C14H12ClNO4S. The average Bonchev–Trinajstić information content (AvgIpc) is 2.45. The number of benzene rings is 1. The third-order valence-corrected chi connectivity index (χ3v) is 4.36. The zero-order chi connectivity index (χ0) is 15.5. The van der Waals surface area contributed by atoms with Gasteiger partial charge in [0.05, 0.1) is 0 Å². The minimum atomic E-state index is -4.42. The van der Waals surface area contributed by atoms with Gasteiger partial charge in [-0.2, -0.15) is 8.42 Å². The highest BCUT2D eigenvalue weighted by Gasteiger charge is 2.28. The van der Waals surface area contributed by atoms with Crippen LogP contribution in [0.2, 0.25) is 5.02 Å². The second kappa shape index (κ2) is 6.34. The molecule has 0 bridgehead atoms. The second-order valence-electron chi connectivity index (χ2n) is 4.42. The Kier molecular flexibility index (Phi) is 4.72. The highest BCUT2D eigenvalue weighted by molar-refractivity contribution is 7.86. The molecule has 1 atom stereocenters. The van der Waals surface area contributed by atoms with Gasteiger partial charge in [0.1, 0.15) is 5.25 Å². The van der Waals surface area contributed by atoms with Crippen molar-refractivity contribution < 1.29 is 17.8 Å². The van der Waals surface area contributed by atoms with Gasteiger partial charge in [-0.15, -0.1) is 0 Å². The average molecular weight is 326 g/mol. The predicted octanol–water partition coefficient (Wildman–Crippen LogP) is 2.94. The summed E-state index contributed by atoms with van der Waals surface area (Å²) >= 11 is 5.74. The summed E-state index contributed by atoms with van der Waals surface area (Å²) < 4.78 is 32.4. The molecule has 1 heterocycles. The Hall–Kier alpha value is -1.76. The summed E-state index contributed by atoms with van der Waals surface area (Å²) in [4.78, 5) is 16.0. The van der Waals surface area contributed by atoms with Gasteiger partial charge in [-0.3, -0.25) is 14.3 Å². The number of ketones is 1. The fourth-order valence-corrected chi connectivity index (χ4v) is 2.85. The molecule has 2 aromatic rings. The zero-order valence-corrected chi connectivity index (χ0v) is 12.4. The van der Waals surface area contributed by atoms with E-state index in [0.29, 0.717) is 10.6 Å². The highest BCUT2D eigenvalue weighted by atomic mass is 35.5. The molecule has 0 saturated carbocycles. The van der Waals surface area contributed by atoms with Crippen molar-refractivity contribution in [1.29, 1.82) is 0 Å². The molecule has 7 heteroatoms. The van der Waals surface area contributed by atoms with Crippen LogP contribution in [0.25, 0.3) is 0 Å². The topological polar surface area (TPSA) is 84.3 Å². The number of carbonyl (C=O) groups excluding carboxylic acids is 1. The first-order valence-electron chi connectivity index (χ1n) is 6.03. The molecule has 0 aliphatic rings. The number of nitrogens with zero attached hydrogens (tertiary/aromatic N) is 1. The number of hydrogen-bond acceptors (Lipinski definition) is 4. The molecule has 0 amide bonds. The lowest BCUT2D eigenvalue weighted by Gasteiger charge is -2.13. The smallest absolute Gasteiger partial charge is 0.272 e. The molecule has 0 fully saturated rings. The number of aromatic nitrogens is 1. The maximum absolute atomic E-state index is 12.1. The highest BCUT2D eigenvalue weighted by Crippen LogP contribution is 2.26. The molecule has 0 saturated heterocycles. The SMILES string of the molecule is O=C(CC(c1cccnc1)S(=O)(=O)O)c1ccc(Cl)cc1. The van der Waals surface area contributed by atoms with Gasteiger partial charge in [0, 0.05) is 29.4 Å². The number of hydrogen-bond donors (Lipinski definition) is 1. The first-order valence-corrected chi connectivity index (χ1v) is 7.91. The lowest BCUT2D eigenvalue weighted by atomic mass is 10.0. The van der Waals surface area contributed by atoms with Crippen molar-refractivity contribution in [3.8, 4) is 0 Å². The third-order valence-electron chi connectivity index (χ3n) is 2.95. The van der Waals surface area contributed by atoms with Gasteiger partial charge >= 0.3 is 0 Å². The van der Waals surface area contributed by atoms with E-state index in [9.17, 15) is 17.8 Å². The van der Waals surface area contributed by atoms with Crippen molar-refractivity contribution in [3.05, 3.63) is 64.9 Å². The number of carbonyl (C=O) groups is 1. The minimum Gasteiger partial charge on any atom is -0.294 e. The van der Waals surface area contributed by atoms with Crippen LogP contribution < -0.4 is 0 Å². The molecule has 0 aliphatic heterocycles. The van der Waals surface area contributed by atoms with Crippen LogP contribution >= 0.6 is 11.6 Å². The maximum atomic E-state index is 12.1. The maximum Gasteiger partial charge on any atom is 0.272 e. The van der Waals surface area contributed by atoms with E-state index in [1.54, 1.807) is 18.2 Å². The molecule has 0 aliphatic carbocycles. The fraction of sp³-hybridized carbons (Fsp3) is 0.143. The van der Waals surface area contributed by atoms with E-state index in [2.05, 4.69) is 4.98 Å². The minimum absolute atomic E-state index is 0.266. The Morgan fingerprint density at radius 3 is 2.43 bits per heavy atom. The van der Waals surface area contributed by atoms with Gasteiger partial charge in [-0.25, -0.2) is 0 Å². The Morgan fingerprint density at radius 2 is 1.90 bits per heavy atom. The second-order valence-corrected chi connectivity index (χ2v) is 6.46. The standard InChI is InChI=1S/C14H12ClNO4S/c15-12-5-3-10(4-6-12)13(17)8-14(21(18,19)20)11-2-1-7-16-9-11/h1-7,9,14H,8H2,(H,18,19,20). The van der Waals surface area contributed by atoms with Gasteiger partial charge in [-0.05, 0) is 35.9 Å². The molecule has 1 unspecified atom stereocenters. The lowest BCUT2D eigenvalue weighted by molar-refractivity contribution is 0.0979. The van der Waals surface area contributed by atoms with Crippen molar-refractivity contribution >= 4 is 27.5 Å². The first-order chi connectivity index (χ1) is 9.88. The van der Waals surface area contributed by atoms with Crippen LogP contribution in [0.3, 0.4) is 0 Å². The van der Waals surface area contributed by atoms with E-state index in [1.165, 1.54) is 30.6 Å². The van der Waals surface area contributed by atoms with Crippen LogP contribution in [0.1, 0.15) is 27.6 Å². The summed E-state index contributed by atoms with van der Waals surface area (Å²) in [5, 5.41) is -0.862. The molecule has 1 aromatic heterocycles. The van der Waals surface area contributed by atoms with E-state index >= 15 is 0 Å². The van der Waals surface area contributed by atoms with E-state index < -0.39 is 21.2 Å². The van der Waals surface area contributed by atoms with E-state index in [4.69, 9.17) is 11.6 Å². The van der Waals surface area contributed by atoms with Crippen molar-refractivity contribution in [1.82, 2.24) is 4.98 Å². The number of halogens is 1. The van der Waals surface area contributed by atoms with E-state index in [-0.39, 0.29) is 12.0 Å². The largest absolute Gasteiger partial charge is 0.294 e. The molecule has 5 nitrogen and oxygen atoms in total. The molecule has 0 spiro atoms. The number of rotatable bonds is 5. The van der Waals surface area contributed by atoms with Crippen LogP contribution in [-0.4, -0.2) is 23.7 Å². The van der Waals surface area contributed by atoms with Crippen LogP contribution in [0, 0.1) is 0 Å². The summed E-state index contributed by atoms with van der Waals surface area (Å²) in [6, 6.07) is 9.15. The quantitative estimate of drug-likeness (QED) is 0.675. The Labute approximate surface area is 127 Å². The number of pyridine rings is 1. The number of Topliss-reactive ketones (excluding diaryl/α,β-unsaturated/α-hetero) is 1. The van der Waals surface area contributed by atoms with Gasteiger partial charge in [0.25, 0.3) is 10.1 Å². The van der Waals surface area contributed by atoms with Gasteiger partial charge in [-0.1, -0.05) is 17.7 Å². The summed E-state index contributed by atoms with van der Waals surface area (Å²) in [6.07, 6.45) is 2.42. The molecule has 21 heavy (non-hydrogen) atoms. The fourth-order valence-electron chi connectivity index (χ4n) is 1.88. The molecular weight excluding hydrogens is 314 g/mol. The third kappa shape index (κ3) is 4.10. The van der Waals surface area contributed by atoms with E-state index in [0.717, 1.165) is 0 Å². The van der Waals surface area contributed by atoms with Crippen molar-refractivity contribution in [2.45, 2.75) is 11.7 Å². The van der Waals surface area contributed by atoms with Crippen molar-refractivity contribution in [3.63, 3.8) is 0 Å². The predicted molar refractivity (Wildman–Crippen MR) is 78.9 cm³/mol. The van der Waals surface area contributed by atoms with Crippen LogP contribution in [0.15, 0.2) is 48.8 Å². The Balaban J connectivity index is 2.28. The van der Waals surface area contributed by atoms with Crippen molar-refractivity contribution in [2.75, 3.05) is 0 Å². The van der Waals surface area contributed by atoms with Crippen LogP contribution in [-0.2, 0) is 10.1 Å². The summed E-state index contributed by atoms with van der Waals surface area (Å²) in [5.74, 6) is -0.404. The molecule has 1 aromatic carbocycles. The van der Waals surface area contributed by atoms with Crippen molar-refractivity contribution in [2.24, 2.45) is 0 Å². The zero-order valence-electron chi connectivity index (χ0n) is 10.8. The Morgan fingerprint density at radius 1 is 1.24 bits per heavy atom. The van der Waals surface area contributed by atoms with E-state index in [1.807, 2.05) is 0 Å². The summed E-state index contributed by atoms with van der Waals surface area (Å²) in [7, 11) is -4.42. The molecule has 110 valence electrons. The molecule has 2 rings (SSSR count). The van der Waals surface area contributed by atoms with Crippen LogP contribution in [0.4, 0.5) is 0 Å². The van der Waals surface area contributed by atoms with Gasteiger partial charge < -0.3 is 0 Å². The van der Waals surface area contributed by atoms with Gasteiger partial charge in [0.15, 0.2) is 5.78 Å². The molecule has 1 N–H and O–H groups in total. The normalized spacial score (nSPS) is 12.9. The summed E-state index contributed by atoms with van der Waals surface area (Å²) in [5.41, 5.74) is 0.597. The monoisotopic (exact) mass is 325 g/mol. The molecule has 0 radical (unpaired) electrons. The van der Waals surface area contributed by atoms with Crippen LogP contribution in [0.5, 0.6) is 0 Å². The van der Waals surface area contributed by atoms with Gasteiger partial charge in [0.2, 0.25) is 0 Å². The first kappa shape index (κ1) is 15.6. The lowest BCUT2D eigenvalue weighted by Crippen LogP contribution is -2.17. The summed E-state index contributed by atoms with van der Waals surface area (Å²) in [6.45, 7) is 0. The Bertz CT molecular complexity index is 729.